The lowest BCUT2D eigenvalue weighted by Gasteiger charge is -2.32. The summed E-state index contributed by atoms with van der Waals surface area (Å²) in [6.07, 6.45) is 1.62. The number of amides is 3. The van der Waals surface area contributed by atoms with E-state index in [1.165, 1.54) is 4.90 Å². The van der Waals surface area contributed by atoms with Crippen LogP contribution < -0.4 is 10.6 Å². The molecule has 0 spiro atoms. The van der Waals surface area contributed by atoms with Crippen LogP contribution in [0, 0.1) is 5.92 Å². The van der Waals surface area contributed by atoms with Crippen molar-refractivity contribution in [1.82, 2.24) is 15.2 Å². The Morgan fingerprint density at radius 1 is 1.22 bits per heavy atom. The minimum atomic E-state index is -0.937. The number of carbonyl (C=O) groups excluding carboxylic acids is 2. The number of anilines is 1. The van der Waals surface area contributed by atoms with Crippen LogP contribution in [0.15, 0.2) is 36.5 Å². The van der Waals surface area contributed by atoms with Crippen LogP contribution in [0.1, 0.15) is 40.0 Å². The summed E-state index contributed by atoms with van der Waals surface area (Å²) >= 11 is 0. The van der Waals surface area contributed by atoms with Crippen LogP contribution in [0.5, 0.6) is 0 Å². The number of aromatic nitrogens is 1. The molecule has 9 heteroatoms. The van der Waals surface area contributed by atoms with Gasteiger partial charge in [0.2, 0.25) is 5.91 Å². The van der Waals surface area contributed by atoms with Gasteiger partial charge >= 0.3 is 12.2 Å². The van der Waals surface area contributed by atoms with Gasteiger partial charge in [0.25, 0.3) is 0 Å². The minimum absolute atomic E-state index is 0.103. The summed E-state index contributed by atoms with van der Waals surface area (Å²) in [4.78, 5) is 42.3. The van der Waals surface area contributed by atoms with E-state index in [0.29, 0.717) is 38.0 Å². The van der Waals surface area contributed by atoms with Gasteiger partial charge in [-0.05, 0) is 58.1 Å². The van der Waals surface area contributed by atoms with E-state index in [-0.39, 0.29) is 11.8 Å². The third-order valence-electron chi connectivity index (χ3n) is 5.32. The van der Waals surface area contributed by atoms with Crippen LogP contribution >= 0.6 is 0 Å². The normalized spacial score (nSPS) is 15.8. The maximum atomic E-state index is 13.1. The molecule has 3 N–H and O–H groups in total. The van der Waals surface area contributed by atoms with Crippen molar-refractivity contribution in [3.63, 3.8) is 0 Å². The zero-order valence-corrected chi connectivity index (χ0v) is 18.6. The summed E-state index contributed by atoms with van der Waals surface area (Å²) in [5.74, 6) is -0.264. The molecule has 9 nitrogen and oxygen atoms in total. The number of hydrogen-bond donors (Lipinski definition) is 3. The van der Waals surface area contributed by atoms with Crippen molar-refractivity contribution >= 4 is 34.7 Å². The lowest BCUT2D eigenvalue weighted by Crippen LogP contribution is -2.48. The second kappa shape index (κ2) is 9.84. The number of likely N-dealkylation sites (tertiary alicyclic amines) is 1. The molecule has 2 heterocycles. The van der Waals surface area contributed by atoms with Gasteiger partial charge in [-0.2, -0.15) is 0 Å². The maximum absolute atomic E-state index is 13.1. The fraction of sp³-hybridized carbons (Fsp3) is 0.478. The third-order valence-corrected chi connectivity index (χ3v) is 5.32. The molecule has 3 rings (SSSR count). The van der Waals surface area contributed by atoms with E-state index in [4.69, 9.17) is 9.84 Å². The Morgan fingerprint density at radius 2 is 1.91 bits per heavy atom. The molecule has 32 heavy (non-hydrogen) atoms. The quantitative estimate of drug-likeness (QED) is 0.647. The molecule has 1 aromatic heterocycles. The van der Waals surface area contributed by atoms with E-state index in [2.05, 4.69) is 15.6 Å². The van der Waals surface area contributed by atoms with Crippen molar-refractivity contribution in [2.24, 2.45) is 5.92 Å². The molecule has 1 aliphatic heterocycles. The zero-order valence-electron chi connectivity index (χ0n) is 18.6. The second-order valence-corrected chi connectivity index (χ2v) is 9.05. The van der Waals surface area contributed by atoms with Gasteiger partial charge in [-0.1, -0.05) is 18.2 Å². The predicted octanol–water partition coefficient (Wildman–Crippen LogP) is 3.85. The molecule has 1 saturated heterocycles. The van der Waals surface area contributed by atoms with Gasteiger partial charge in [-0.25, -0.2) is 9.59 Å². The first kappa shape index (κ1) is 23.3. The van der Waals surface area contributed by atoms with Gasteiger partial charge in [0.05, 0.1) is 17.4 Å². The molecule has 2 aromatic rings. The molecule has 0 unspecified atom stereocenters. The number of benzene rings is 1. The van der Waals surface area contributed by atoms with E-state index in [1.54, 1.807) is 27.0 Å². The summed E-state index contributed by atoms with van der Waals surface area (Å²) in [6, 6.07) is 8.59. The van der Waals surface area contributed by atoms with Crippen molar-refractivity contribution in [3.05, 3.63) is 36.5 Å². The van der Waals surface area contributed by atoms with Crippen molar-refractivity contribution in [2.45, 2.75) is 51.7 Å². The molecular formula is C23H30N4O5. The molecule has 172 valence electrons. The van der Waals surface area contributed by atoms with Crippen molar-refractivity contribution in [3.8, 4) is 0 Å². The molecule has 0 aliphatic carbocycles. The van der Waals surface area contributed by atoms with Crippen LogP contribution in [-0.2, 0) is 9.53 Å². The van der Waals surface area contributed by atoms with Gasteiger partial charge in [-0.3, -0.25) is 9.78 Å². The van der Waals surface area contributed by atoms with Gasteiger partial charge in [0, 0.05) is 18.5 Å². The van der Waals surface area contributed by atoms with Crippen molar-refractivity contribution in [2.75, 3.05) is 18.4 Å². The number of hydrogen-bond acceptors (Lipinski definition) is 5. The number of pyridine rings is 1. The standard InChI is InChI=1S/C23H30N4O5/c1-23(2,3)32-21(29)26-19(12-15-8-10-27(11-9-15)22(30)31)20(28)25-17-13-16-6-4-5-7-18(16)24-14-17/h4-7,13-15,19H,8-12H2,1-3H3,(H,25,28)(H,26,29)(H,30,31)/t19-/m0/s1. The summed E-state index contributed by atoms with van der Waals surface area (Å²) in [5.41, 5.74) is 0.657. The average molecular weight is 443 g/mol. The van der Waals surface area contributed by atoms with Crippen LogP contribution in [0.25, 0.3) is 10.9 Å². The third kappa shape index (κ3) is 6.57. The molecule has 0 bridgehead atoms. The Balaban J connectivity index is 1.70. The minimum Gasteiger partial charge on any atom is -0.465 e. The van der Waals surface area contributed by atoms with E-state index in [0.717, 1.165) is 10.9 Å². The number of rotatable bonds is 5. The molecular weight excluding hydrogens is 412 g/mol. The van der Waals surface area contributed by atoms with Crippen LogP contribution in [0.2, 0.25) is 0 Å². The largest absolute Gasteiger partial charge is 0.465 e. The van der Waals surface area contributed by atoms with E-state index < -0.39 is 23.8 Å². The van der Waals surface area contributed by atoms with Gasteiger partial charge in [-0.15, -0.1) is 0 Å². The topological polar surface area (TPSA) is 121 Å². The Labute approximate surface area is 187 Å². The van der Waals surface area contributed by atoms with Crippen molar-refractivity contribution in [1.29, 1.82) is 0 Å². The molecule has 1 fully saturated rings. The molecule has 3 amide bonds. The predicted molar refractivity (Wildman–Crippen MR) is 120 cm³/mol. The monoisotopic (exact) mass is 442 g/mol. The smallest absolute Gasteiger partial charge is 0.408 e. The van der Waals surface area contributed by atoms with Crippen LogP contribution in [0.4, 0.5) is 15.3 Å². The summed E-state index contributed by atoms with van der Waals surface area (Å²) < 4.78 is 5.34. The SMILES string of the molecule is CC(C)(C)OC(=O)N[C@@H](CC1CCN(C(=O)O)CC1)C(=O)Nc1cnc2ccccc2c1. The first-order valence-corrected chi connectivity index (χ1v) is 10.7. The number of ether oxygens (including phenoxy) is 1. The molecule has 0 saturated carbocycles. The van der Waals surface area contributed by atoms with Crippen LogP contribution in [0.3, 0.4) is 0 Å². The van der Waals surface area contributed by atoms with Gasteiger partial charge in [0.1, 0.15) is 11.6 Å². The Kier molecular flexibility index (Phi) is 7.17. The average Bonchev–Trinajstić information content (AvgIpc) is 2.72. The highest BCUT2D eigenvalue weighted by molar-refractivity contribution is 5.97. The summed E-state index contributed by atoms with van der Waals surface area (Å²) in [6.45, 7) is 6.09. The van der Waals surface area contributed by atoms with E-state index in [9.17, 15) is 14.4 Å². The molecule has 1 aliphatic rings. The second-order valence-electron chi connectivity index (χ2n) is 9.05. The number of nitrogens with one attached hydrogen (secondary N) is 2. The Morgan fingerprint density at radius 3 is 2.56 bits per heavy atom. The lowest BCUT2D eigenvalue weighted by atomic mass is 9.90. The fourth-order valence-electron chi connectivity index (χ4n) is 3.74. The summed E-state index contributed by atoms with van der Waals surface area (Å²) in [5, 5.41) is 15.6. The molecule has 0 radical (unpaired) electrons. The highest BCUT2D eigenvalue weighted by Crippen LogP contribution is 2.23. The molecule has 1 atom stereocenters. The highest BCUT2D eigenvalue weighted by Gasteiger charge is 2.30. The number of alkyl carbamates (subject to hydrolysis) is 1. The number of carboxylic acid groups (broad SMARTS) is 1. The maximum Gasteiger partial charge on any atom is 0.408 e. The number of nitrogens with zero attached hydrogens (tertiary/aromatic N) is 2. The summed E-state index contributed by atoms with van der Waals surface area (Å²) in [7, 11) is 0. The Hall–Kier alpha value is -3.36. The molecule has 1 aromatic carbocycles. The van der Waals surface area contributed by atoms with Crippen molar-refractivity contribution < 1.29 is 24.2 Å². The van der Waals surface area contributed by atoms with E-state index >= 15 is 0 Å². The number of piperidine rings is 1. The first-order valence-electron chi connectivity index (χ1n) is 10.7. The first-order chi connectivity index (χ1) is 15.1. The number of carbonyl (C=O) groups is 3. The number of para-hydroxylation sites is 1. The Bertz CT molecular complexity index is 980. The van der Waals surface area contributed by atoms with Gasteiger partial charge in [0.15, 0.2) is 0 Å². The van der Waals surface area contributed by atoms with E-state index in [1.807, 2.05) is 30.3 Å². The van der Waals surface area contributed by atoms with Crippen LogP contribution in [-0.4, -0.2) is 57.8 Å². The lowest BCUT2D eigenvalue weighted by molar-refractivity contribution is -0.118. The fourth-order valence-corrected chi connectivity index (χ4v) is 3.74. The number of fused-ring (bicyclic) bond motifs is 1. The zero-order chi connectivity index (χ0) is 23.3. The highest BCUT2D eigenvalue weighted by atomic mass is 16.6. The van der Waals surface area contributed by atoms with Gasteiger partial charge < -0.3 is 25.4 Å².